The number of carbonyl (C=O) groups is 1. The van der Waals surface area contributed by atoms with Crippen molar-refractivity contribution in [1.82, 2.24) is 19.9 Å². The second-order valence-corrected chi connectivity index (χ2v) is 6.58. The predicted octanol–water partition coefficient (Wildman–Crippen LogP) is 2.74. The number of hydrogen-bond acceptors (Lipinski definition) is 4. The summed E-state index contributed by atoms with van der Waals surface area (Å²) >= 11 is 3.38. The van der Waals surface area contributed by atoms with E-state index in [0.29, 0.717) is 17.2 Å². The summed E-state index contributed by atoms with van der Waals surface area (Å²) in [7, 11) is 1.69. The van der Waals surface area contributed by atoms with E-state index in [9.17, 15) is 4.79 Å². The van der Waals surface area contributed by atoms with Crippen LogP contribution < -0.4 is 0 Å². The molecule has 1 heterocycles. The first-order chi connectivity index (χ1) is 8.76. The van der Waals surface area contributed by atoms with Gasteiger partial charge in [0, 0.05) is 7.05 Å². The Labute approximate surface area is 121 Å². The van der Waals surface area contributed by atoms with Gasteiger partial charge in [-0.2, -0.15) is 9.90 Å². The molecule has 19 heavy (non-hydrogen) atoms. The summed E-state index contributed by atoms with van der Waals surface area (Å²) in [6.45, 7) is 5.91. The molecule has 0 unspecified atom stereocenters. The highest BCUT2D eigenvalue weighted by atomic mass is 79.9. The minimum absolute atomic E-state index is 0.361. The van der Waals surface area contributed by atoms with Gasteiger partial charge in [0.05, 0.1) is 12.6 Å². The smallest absolute Gasteiger partial charge is 0.410 e. The monoisotopic (exact) mass is 330 g/mol. The normalized spacial score (nSPS) is 15.4. The van der Waals surface area contributed by atoms with Gasteiger partial charge in [-0.3, -0.25) is 0 Å². The van der Waals surface area contributed by atoms with E-state index < -0.39 is 5.60 Å². The van der Waals surface area contributed by atoms with Gasteiger partial charge in [-0.05, 0) is 49.5 Å². The van der Waals surface area contributed by atoms with Crippen molar-refractivity contribution in [2.45, 2.75) is 51.8 Å². The van der Waals surface area contributed by atoms with E-state index in [4.69, 9.17) is 4.74 Å². The molecule has 0 bridgehead atoms. The van der Waals surface area contributed by atoms with Gasteiger partial charge in [-0.15, -0.1) is 5.10 Å². The summed E-state index contributed by atoms with van der Waals surface area (Å²) in [5, 5.41) is 8.70. The highest BCUT2D eigenvalue weighted by molar-refractivity contribution is 9.10. The summed E-state index contributed by atoms with van der Waals surface area (Å²) in [5.41, 5.74) is 0.258. The van der Waals surface area contributed by atoms with Gasteiger partial charge in [0.1, 0.15) is 11.3 Å². The summed E-state index contributed by atoms with van der Waals surface area (Å²) in [6.07, 6.45) is 1.89. The van der Waals surface area contributed by atoms with Crippen LogP contribution in [0.4, 0.5) is 4.79 Å². The molecule has 1 saturated carbocycles. The molecule has 2 rings (SSSR count). The lowest BCUT2D eigenvalue weighted by molar-refractivity contribution is 0.0282. The van der Waals surface area contributed by atoms with Crippen molar-refractivity contribution in [2.75, 3.05) is 7.05 Å². The van der Waals surface area contributed by atoms with Gasteiger partial charge in [-0.1, -0.05) is 0 Å². The molecule has 1 aromatic rings. The lowest BCUT2D eigenvalue weighted by Gasteiger charge is -2.24. The zero-order chi connectivity index (χ0) is 14.2. The molecule has 1 aliphatic carbocycles. The summed E-state index contributed by atoms with van der Waals surface area (Å²) in [6, 6.07) is 0.428. The molecule has 6 nitrogen and oxygen atoms in total. The Morgan fingerprint density at radius 1 is 1.47 bits per heavy atom. The van der Waals surface area contributed by atoms with E-state index in [1.165, 1.54) is 4.90 Å². The van der Waals surface area contributed by atoms with E-state index >= 15 is 0 Å². The zero-order valence-electron chi connectivity index (χ0n) is 11.7. The Balaban J connectivity index is 1.98. The minimum Gasteiger partial charge on any atom is -0.444 e. The van der Waals surface area contributed by atoms with Gasteiger partial charge in [0.2, 0.25) is 0 Å². The van der Waals surface area contributed by atoms with E-state index in [1.54, 1.807) is 11.8 Å². The molecule has 0 atom stereocenters. The fourth-order valence-electron chi connectivity index (χ4n) is 1.53. The zero-order valence-corrected chi connectivity index (χ0v) is 13.3. The highest BCUT2D eigenvalue weighted by Gasteiger charge is 2.28. The third-order valence-corrected chi connectivity index (χ3v) is 3.23. The van der Waals surface area contributed by atoms with Crippen molar-refractivity contribution in [3.8, 4) is 0 Å². The number of rotatable bonds is 3. The number of carbonyl (C=O) groups excluding carboxylic acids is 1. The Bertz CT molecular complexity index is 477. The van der Waals surface area contributed by atoms with E-state index in [-0.39, 0.29) is 6.09 Å². The number of hydrogen-bond donors (Lipinski definition) is 0. The van der Waals surface area contributed by atoms with E-state index in [2.05, 4.69) is 26.1 Å². The van der Waals surface area contributed by atoms with E-state index in [0.717, 1.165) is 18.5 Å². The first-order valence-electron chi connectivity index (χ1n) is 6.31. The topological polar surface area (TPSA) is 60.2 Å². The third kappa shape index (κ3) is 3.92. The van der Waals surface area contributed by atoms with Crippen molar-refractivity contribution >= 4 is 22.0 Å². The van der Waals surface area contributed by atoms with Crippen LogP contribution in [0, 0.1) is 0 Å². The number of amides is 1. The largest absolute Gasteiger partial charge is 0.444 e. The number of ether oxygens (including phenoxy) is 1. The predicted molar refractivity (Wildman–Crippen MR) is 73.7 cm³/mol. The fourth-order valence-corrected chi connectivity index (χ4v) is 1.90. The van der Waals surface area contributed by atoms with Crippen molar-refractivity contribution in [3.05, 3.63) is 10.3 Å². The Morgan fingerprint density at radius 2 is 2.11 bits per heavy atom. The van der Waals surface area contributed by atoms with Crippen LogP contribution in [-0.2, 0) is 11.3 Å². The Kier molecular flexibility index (Phi) is 3.85. The molecule has 106 valence electrons. The first-order valence-corrected chi connectivity index (χ1v) is 7.11. The van der Waals surface area contributed by atoms with Gasteiger partial charge in [0.25, 0.3) is 0 Å². The molecule has 0 saturated heterocycles. The van der Waals surface area contributed by atoms with Gasteiger partial charge in [0.15, 0.2) is 4.60 Å². The average molecular weight is 331 g/mol. The second kappa shape index (κ2) is 5.11. The van der Waals surface area contributed by atoms with Gasteiger partial charge >= 0.3 is 6.09 Å². The SMILES string of the molecule is CN(Cc1nn(C2CC2)nc1Br)C(=O)OC(C)(C)C. The molecule has 1 aliphatic rings. The molecule has 7 heteroatoms. The quantitative estimate of drug-likeness (QED) is 0.854. The van der Waals surface area contributed by atoms with Crippen molar-refractivity contribution in [2.24, 2.45) is 0 Å². The minimum atomic E-state index is -0.492. The maximum absolute atomic E-state index is 11.9. The molecule has 1 fully saturated rings. The van der Waals surface area contributed by atoms with Crippen molar-refractivity contribution in [1.29, 1.82) is 0 Å². The molecular weight excluding hydrogens is 312 g/mol. The van der Waals surface area contributed by atoms with Crippen LogP contribution >= 0.6 is 15.9 Å². The van der Waals surface area contributed by atoms with Gasteiger partial charge in [-0.25, -0.2) is 4.79 Å². The van der Waals surface area contributed by atoms with Crippen LogP contribution in [0.2, 0.25) is 0 Å². The van der Waals surface area contributed by atoms with Crippen LogP contribution in [0.15, 0.2) is 4.60 Å². The molecule has 0 N–H and O–H groups in total. The lowest BCUT2D eigenvalue weighted by atomic mass is 10.2. The number of nitrogens with zero attached hydrogens (tertiary/aromatic N) is 4. The molecule has 0 spiro atoms. The van der Waals surface area contributed by atoms with Crippen LogP contribution in [0.3, 0.4) is 0 Å². The summed E-state index contributed by atoms with van der Waals surface area (Å²) in [4.78, 5) is 15.1. The van der Waals surface area contributed by atoms with Crippen LogP contribution in [0.5, 0.6) is 0 Å². The van der Waals surface area contributed by atoms with Crippen molar-refractivity contribution in [3.63, 3.8) is 0 Å². The maximum atomic E-state index is 11.9. The number of aromatic nitrogens is 3. The third-order valence-electron chi connectivity index (χ3n) is 2.62. The van der Waals surface area contributed by atoms with E-state index in [1.807, 2.05) is 20.8 Å². The first kappa shape index (κ1) is 14.3. The lowest BCUT2D eigenvalue weighted by Crippen LogP contribution is -2.34. The van der Waals surface area contributed by atoms with Crippen LogP contribution in [-0.4, -0.2) is 38.6 Å². The fraction of sp³-hybridized carbons (Fsp3) is 0.750. The maximum Gasteiger partial charge on any atom is 0.410 e. The molecule has 0 aromatic carbocycles. The summed E-state index contributed by atoms with van der Waals surface area (Å²) < 4.78 is 5.98. The molecule has 0 radical (unpaired) electrons. The number of halogens is 1. The van der Waals surface area contributed by atoms with Crippen molar-refractivity contribution < 1.29 is 9.53 Å². The Hall–Kier alpha value is -1.11. The second-order valence-electron chi connectivity index (χ2n) is 5.83. The molecule has 1 amide bonds. The van der Waals surface area contributed by atoms with Gasteiger partial charge < -0.3 is 9.64 Å². The molecular formula is C12H19BrN4O2. The average Bonchev–Trinajstić information content (AvgIpc) is 3.03. The molecule has 1 aromatic heterocycles. The van der Waals surface area contributed by atoms with Crippen LogP contribution in [0.25, 0.3) is 0 Å². The molecule has 0 aliphatic heterocycles. The Morgan fingerprint density at radius 3 is 2.63 bits per heavy atom. The summed E-state index contributed by atoms with van der Waals surface area (Å²) in [5.74, 6) is 0. The van der Waals surface area contributed by atoms with Crippen LogP contribution in [0.1, 0.15) is 45.3 Å². The standard InChI is InChI=1S/C12H19BrN4O2/c1-12(2,3)19-11(18)16(4)7-9-10(13)15-17(14-9)8-5-6-8/h8H,5-7H2,1-4H3. The highest BCUT2D eigenvalue weighted by Crippen LogP contribution is 2.34.